The minimum Gasteiger partial charge on any atom is -0.378 e. The second-order valence-electron chi connectivity index (χ2n) is 6.18. The molecule has 0 aliphatic carbocycles. The molecule has 0 saturated carbocycles. The SMILES string of the molecule is CCCNC(CCC1CCCO1)c1cc(C)c(C)cc1Cl. The van der Waals surface area contributed by atoms with Gasteiger partial charge in [-0.25, -0.2) is 0 Å². The van der Waals surface area contributed by atoms with Crippen LogP contribution in [0.25, 0.3) is 0 Å². The monoisotopic (exact) mass is 309 g/mol. The Labute approximate surface area is 134 Å². The molecule has 1 aromatic rings. The van der Waals surface area contributed by atoms with Gasteiger partial charge in [0.1, 0.15) is 0 Å². The normalized spacial score (nSPS) is 19.9. The first-order valence-electron chi connectivity index (χ1n) is 8.23. The van der Waals surface area contributed by atoms with E-state index in [-0.39, 0.29) is 0 Å². The van der Waals surface area contributed by atoms with Crippen molar-refractivity contribution in [1.29, 1.82) is 0 Å². The summed E-state index contributed by atoms with van der Waals surface area (Å²) in [5.41, 5.74) is 3.82. The standard InChI is InChI=1S/C18H28ClNO/c1-4-9-20-18(8-7-15-6-5-10-21-15)16-11-13(2)14(3)12-17(16)19/h11-12,15,18,20H,4-10H2,1-3H3. The molecule has 0 bridgehead atoms. The van der Waals surface area contributed by atoms with Crippen molar-refractivity contribution in [3.63, 3.8) is 0 Å². The number of hydrogen-bond acceptors (Lipinski definition) is 2. The molecular formula is C18H28ClNO. The highest BCUT2D eigenvalue weighted by Gasteiger charge is 2.20. The Bertz CT molecular complexity index is 455. The Morgan fingerprint density at radius 2 is 2.10 bits per heavy atom. The molecule has 1 saturated heterocycles. The number of ether oxygens (including phenoxy) is 1. The summed E-state index contributed by atoms with van der Waals surface area (Å²) < 4.78 is 5.76. The number of hydrogen-bond donors (Lipinski definition) is 1. The number of halogens is 1. The summed E-state index contributed by atoms with van der Waals surface area (Å²) >= 11 is 6.50. The van der Waals surface area contributed by atoms with Gasteiger partial charge in [0, 0.05) is 17.7 Å². The molecule has 2 rings (SSSR count). The van der Waals surface area contributed by atoms with Gasteiger partial charge in [-0.15, -0.1) is 0 Å². The first-order chi connectivity index (χ1) is 10.1. The molecule has 1 N–H and O–H groups in total. The van der Waals surface area contributed by atoms with Crippen LogP contribution in [0.3, 0.4) is 0 Å². The van der Waals surface area contributed by atoms with Gasteiger partial charge in [0.25, 0.3) is 0 Å². The summed E-state index contributed by atoms with van der Waals surface area (Å²) in [5, 5.41) is 4.55. The zero-order valence-corrected chi connectivity index (χ0v) is 14.3. The van der Waals surface area contributed by atoms with Crippen LogP contribution in [-0.2, 0) is 4.74 Å². The lowest BCUT2D eigenvalue weighted by Gasteiger charge is -2.22. The van der Waals surface area contributed by atoms with Gasteiger partial charge in [0.2, 0.25) is 0 Å². The average molecular weight is 310 g/mol. The molecule has 3 heteroatoms. The van der Waals surface area contributed by atoms with Crippen LogP contribution in [0.4, 0.5) is 0 Å². The summed E-state index contributed by atoms with van der Waals surface area (Å²) in [5.74, 6) is 0. The molecule has 21 heavy (non-hydrogen) atoms. The molecule has 1 aliphatic heterocycles. The minimum absolute atomic E-state index is 0.334. The maximum absolute atomic E-state index is 6.50. The third-order valence-electron chi connectivity index (χ3n) is 4.43. The smallest absolute Gasteiger partial charge is 0.0576 e. The largest absolute Gasteiger partial charge is 0.378 e. The second kappa shape index (κ2) is 8.17. The Hall–Kier alpha value is -0.570. The van der Waals surface area contributed by atoms with E-state index in [0.717, 1.165) is 37.4 Å². The van der Waals surface area contributed by atoms with Gasteiger partial charge in [-0.1, -0.05) is 24.6 Å². The van der Waals surface area contributed by atoms with Gasteiger partial charge < -0.3 is 10.1 Å². The zero-order valence-electron chi connectivity index (χ0n) is 13.5. The molecule has 2 atom stereocenters. The zero-order chi connectivity index (χ0) is 15.2. The van der Waals surface area contributed by atoms with E-state index in [1.54, 1.807) is 0 Å². The van der Waals surface area contributed by atoms with Crippen LogP contribution < -0.4 is 5.32 Å². The van der Waals surface area contributed by atoms with Crippen molar-refractivity contribution in [3.05, 3.63) is 33.8 Å². The highest BCUT2D eigenvalue weighted by molar-refractivity contribution is 6.31. The Balaban J connectivity index is 2.08. The van der Waals surface area contributed by atoms with Crippen LogP contribution in [0.1, 0.15) is 61.8 Å². The Morgan fingerprint density at radius 3 is 2.76 bits per heavy atom. The molecular weight excluding hydrogens is 282 g/mol. The van der Waals surface area contributed by atoms with Crippen molar-refractivity contribution in [2.24, 2.45) is 0 Å². The molecule has 1 aromatic carbocycles. The van der Waals surface area contributed by atoms with Crippen molar-refractivity contribution >= 4 is 11.6 Å². The maximum atomic E-state index is 6.50. The molecule has 0 amide bonds. The minimum atomic E-state index is 0.334. The van der Waals surface area contributed by atoms with Crippen molar-refractivity contribution in [2.45, 2.75) is 65.0 Å². The van der Waals surface area contributed by atoms with E-state index in [4.69, 9.17) is 16.3 Å². The summed E-state index contributed by atoms with van der Waals surface area (Å²) in [4.78, 5) is 0. The maximum Gasteiger partial charge on any atom is 0.0576 e. The fraction of sp³-hybridized carbons (Fsp3) is 0.667. The Morgan fingerprint density at radius 1 is 1.33 bits per heavy atom. The number of nitrogens with one attached hydrogen (secondary N) is 1. The molecule has 1 fully saturated rings. The van der Waals surface area contributed by atoms with Crippen LogP contribution in [0.2, 0.25) is 5.02 Å². The van der Waals surface area contributed by atoms with E-state index in [0.29, 0.717) is 12.1 Å². The summed E-state index contributed by atoms with van der Waals surface area (Å²) in [6, 6.07) is 4.68. The molecule has 0 spiro atoms. The fourth-order valence-corrected chi connectivity index (χ4v) is 3.33. The number of rotatable bonds is 7. The Kier molecular flexibility index (Phi) is 6.53. The van der Waals surface area contributed by atoms with Crippen molar-refractivity contribution in [3.8, 4) is 0 Å². The number of benzene rings is 1. The van der Waals surface area contributed by atoms with Gasteiger partial charge in [-0.2, -0.15) is 0 Å². The molecule has 0 radical (unpaired) electrons. The highest BCUT2D eigenvalue weighted by atomic mass is 35.5. The van der Waals surface area contributed by atoms with Gasteiger partial charge in [0.05, 0.1) is 6.10 Å². The summed E-state index contributed by atoms with van der Waals surface area (Å²) in [6.45, 7) is 8.44. The molecule has 1 heterocycles. The van der Waals surface area contributed by atoms with Gasteiger partial charge in [0.15, 0.2) is 0 Å². The van der Waals surface area contributed by atoms with E-state index >= 15 is 0 Å². The summed E-state index contributed by atoms with van der Waals surface area (Å²) in [7, 11) is 0. The van der Waals surface area contributed by atoms with Crippen LogP contribution in [0.15, 0.2) is 12.1 Å². The lowest BCUT2D eigenvalue weighted by molar-refractivity contribution is 0.0996. The first-order valence-corrected chi connectivity index (χ1v) is 8.61. The van der Waals surface area contributed by atoms with Crippen LogP contribution in [-0.4, -0.2) is 19.3 Å². The molecule has 1 aliphatic rings. The van der Waals surface area contributed by atoms with E-state index in [9.17, 15) is 0 Å². The van der Waals surface area contributed by atoms with Crippen LogP contribution in [0, 0.1) is 13.8 Å². The van der Waals surface area contributed by atoms with Crippen molar-refractivity contribution < 1.29 is 4.74 Å². The van der Waals surface area contributed by atoms with Crippen LogP contribution in [0.5, 0.6) is 0 Å². The third kappa shape index (κ3) is 4.70. The third-order valence-corrected chi connectivity index (χ3v) is 4.76. The van der Waals surface area contributed by atoms with Crippen LogP contribution >= 0.6 is 11.6 Å². The van der Waals surface area contributed by atoms with Gasteiger partial charge in [-0.05, 0) is 75.3 Å². The number of aryl methyl sites for hydroxylation is 2. The van der Waals surface area contributed by atoms with Gasteiger partial charge in [-0.3, -0.25) is 0 Å². The van der Waals surface area contributed by atoms with Crippen molar-refractivity contribution in [2.75, 3.05) is 13.2 Å². The van der Waals surface area contributed by atoms with Crippen molar-refractivity contribution in [1.82, 2.24) is 5.32 Å². The predicted molar refractivity (Wildman–Crippen MR) is 90.2 cm³/mol. The van der Waals surface area contributed by atoms with E-state index in [1.807, 2.05) is 0 Å². The van der Waals surface area contributed by atoms with E-state index in [2.05, 4.69) is 38.2 Å². The van der Waals surface area contributed by atoms with E-state index in [1.165, 1.54) is 29.5 Å². The van der Waals surface area contributed by atoms with Gasteiger partial charge >= 0.3 is 0 Å². The molecule has 0 aromatic heterocycles. The predicted octanol–water partition coefficient (Wildman–Crippen LogP) is 4.96. The second-order valence-corrected chi connectivity index (χ2v) is 6.58. The molecule has 2 nitrogen and oxygen atoms in total. The molecule has 2 unspecified atom stereocenters. The quantitative estimate of drug-likeness (QED) is 0.769. The lowest BCUT2D eigenvalue weighted by atomic mass is 9.96. The molecule has 118 valence electrons. The summed E-state index contributed by atoms with van der Waals surface area (Å²) in [6.07, 6.45) is 6.21. The average Bonchev–Trinajstić information content (AvgIpc) is 2.97. The lowest BCUT2D eigenvalue weighted by Crippen LogP contribution is -2.24. The van der Waals surface area contributed by atoms with E-state index < -0.39 is 0 Å². The first kappa shape index (κ1) is 16.8. The highest BCUT2D eigenvalue weighted by Crippen LogP contribution is 2.30. The fourth-order valence-electron chi connectivity index (χ4n) is 2.98. The topological polar surface area (TPSA) is 21.3 Å².